The van der Waals surface area contributed by atoms with Crippen LogP contribution >= 0.6 is 0 Å². The minimum Gasteiger partial charge on any atom is -0.382 e. The van der Waals surface area contributed by atoms with Crippen LogP contribution in [0.2, 0.25) is 0 Å². The van der Waals surface area contributed by atoms with Crippen LogP contribution in [0.5, 0.6) is 0 Å². The number of aliphatic hydroxyl groups is 1. The van der Waals surface area contributed by atoms with Crippen molar-refractivity contribution in [3.8, 4) is 0 Å². The minimum atomic E-state index is -0.644. The number of hydrogen-bond acceptors (Lipinski definition) is 2. The van der Waals surface area contributed by atoms with Gasteiger partial charge in [-0.1, -0.05) is 24.3 Å². The van der Waals surface area contributed by atoms with E-state index in [4.69, 9.17) is 0 Å². The fourth-order valence-electron chi connectivity index (χ4n) is 1.95. The van der Waals surface area contributed by atoms with Crippen LogP contribution in [0.1, 0.15) is 34.2 Å². The smallest absolute Gasteiger partial charge is 0.121 e. The molecule has 1 atom stereocenters. The fraction of sp³-hybridized carbons (Fsp3) is 0.267. The molecule has 0 amide bonds. The van der Waals surface area contributed by atoms with Crippen molar-refractivity contribution in [1.29, 1.82) is 0 Å². The first-order valence-corrected chi connectivity index (χ1v) is 5.77. The third kappa shape index (κ3) is 2.37. The Bertz CT molecular complexity index is 534. The van der Waals surface area contributed by atoms with Gasteiger partial charge in [-0.2, -0.15) is 0 Å². The van der Waals surface area contributed by atoms with Crippen LogP contribution in [0, 0.1) is 20.8 Å². The molecule has 0 aliphatic heterocycles. The van der Waals surface area contributed by atoms with E-state index in [-0.39, 0.29) is 0 Å². The fourth-order valence-corrected chi connectivity index (χ4v) is 1.95. The maximum atomic E-state index is 10.4. The van der Waals surface area contributed by atoms with Crippen molar-refractivity contribution in [2.45, 2.75) is 26.9 Å². The van der Waals surface area contributed by atoms with Gasteiger partial charge in [-0.25, -0.2) is 0 Å². The van der Waals surface area contributed by atoms with Crippen LogP contribution in [0.25, 0.3) is 0 Å². The van der Waals surface area contributed by atoms with E-state index in [1.54, 1.807) is 0 Å². The van der Waals surface area contributed by atoms with E-state index in [1.165, 1.54) is 5.56 Å². The summed E-state index contributed by atoms with van der Waals surface area (Å²) in [6, 6.07) is 11.7. The molecule has 1 aromatic heterocycles. The molecular formula is C15H17NO. The number of aliphatic hydroxyl groups excluding tert-OH is 1. The summed E-state index contributed by atoms with van der Waals surface area (Å²) in [4.78, 5) is 4.37. The van der Waals surface area contributed by atoms with E-state index in [2.05, 4.69) is 18.0 Å². The molecule has 0 aliphatic rings. The van der Waals surface area contributed by atoms with Gasteiger partial charge in [-0.15, -0.1) is 0 Å². The molecule has 0 saturated heterocycles. The highest BCUT2D eigenvalue weighted by Gasteiger charge is 2.14. The van der Waals surface area contributed by atoms with Crippen molar-refractivity contribution in [2.24, 2.45) is 0 Å². The number of rotatable bonds is 2. The first-order valence-electron chi connectivity index (χ1n) is 5.77. The number of aryl methyl sites for hydroxylation is 2. The van der Waals surface area contributed by atoms with Crippen molar-refractivity contribution >= 4 is 0 Å². The van der Waals surface area contributed by atoms with Gasteiger partial charge in [0.05, 0.1) is 5.69 Å². The highest BCUT2D eigenvalue weighted by Crippen LogP contribution is 2.25. The minimum absolute atomic E-state index is 0.644. The predicted molar refractivity (Wildman–Crippen MR) is 69.0 cm³/mol. The highest BCUT2D eigenvalue weighted by atomic mass is 16.3. The molecule has 1 unspecified atom stereocenters. The van der Waals surface area contributed by atoms with Crippen molar-refractivity contribution in [1.82, 2.24) is 4.98 Å². The monoisotopic (exact) mass is 227 g/mol. The Morgan fingerprint density at radius 2 is 1.71 bits per heavy atom. The molecule has 2 heteroatoms. The first-order chi connectivity index (χ1) is 8.09. The van der Waals surface area contributed by atoms with Crippen LogP contribution in [0.4, 0.5) is 0 Å². The molecule has 0 saturated carbocycles. The van der Waals surface area contributed by atoms with Gasteiger partial charge in [0.1, 0.15) is 6.10 Å². The molecule has 88 valence electrons. The Labute approximate surface area is 102 Å². The van der Waals surface area contributed by atoms with Crippen LogP contribution < -0.4 is 0 Å². The van der Waals surface area contributed by atoms with Gasteiger partial charge in [0.15, 0.2) is 0 Å². The molecule has 2 aromatic rings. The lowest BCUT2D eigenvalue weighted by atomic mass is 9.97. The predicted octanol–water partition coefficient (Wildman–Crippen LogP) is 3.09. The van der Waals surface area contributed by atoms with Crippen LogP contribution in [-0.2, 0) is 0 Å². The third-order valence-electron chi connectivity index (χ3n) is 3.13. The van der Waals surface area contributed by atoms with E-state index in [1.807, 2.05) is 44.2 Å². The second-order valence-electron chi connectivity index (χ2n) is 4.40. The molecule has 17 heavy (non-hydrogen) atoms. The average molecular weight is 227 g/mol. The third-order valence-corrected chi connectivity index (χ3v) is 3.13. The molecule has 1 aromatic carbocycles. The number of aromatic nitrogens is 1. The largest absolute Gasteiger partial charge is 0.382 e. The van der Waals surface area contributed by atoms with Gasteiger partial charge in [-0.3, -0.25) is 4.98 Å². The lowest BCUT2D eigenvalue weighted by Crippen LogP contribution is -2.05. The summed E-state index contributed by atoms with van der Waals surface area (Å²) in [5, 5.41) is 10.4. The van der Waals surface area contributed by atoms with Gasteiger partial charge in [-0.05, 0) is 49.6 Å². The van der Waals surface area contributed by atoms with Gasteiger partial charge >= 0.3 is 0 Å². The molecule has 0 spiro atoms. The molecule has 0 bridgehead atoms. The molecule has 0 fully saturated rings. The van der Waals surface area contributed by atoms with E-state index < -0.39 is 6.10 Å². The quantitative estimate of drug-likeness (QED) is 0.855. The average Bonchev–Trinajstić information content (AvgIpc) is 2.32. The Balaban J connectivity index is 2.44. The summed E-state index contributed by atoms with van der Waals surface area (Å²) in [7, 11) is 0. The van der Waals surface area contributed by atoms with E-state index in [9.17, 15) is 5.11 Å². The molecule has 2 nitrogen and oxygen atoms in total. The lowest BCUT2D eigenvalue weighted by Gasteiger charge is -2.15. The van der Waals surface area contributed by atoms with Crippen molar-refractivity contribution < 1.29 is 5.11 Å². The normalized spacial score (nSPS) is 12.5. The molecule has 1 N–H and O–H groups in total. The zero-order valence-corrected chi connectivity index (χ0v) is 10.4. The van der Waals surface area contributed by atoms with Crippen LogP contribution in [0.15, 0.2) is 36.4 Å². The summed E-state index contributed by atoms with van der Waals surface area (Å²) in [6.45, 7) is 6.01. The number of nitrogens with zero attached hydrogens (tertiary/aromatic N) is 1. The zero-order valence-electron chi connectivity index (χ0n) is 10.4. The second-order valence-corrected chi connectivity index (χ2v) is 4.40. The van der Waals surface area contributed by atoms with Crippen LogP contribution in [0.3, 0.4) is 0 Å². The van der Waals surface area contributed by atoms with Crippen LogP contribution in [-0.4, -0.2) is 10.1 Å². The number of benzene rings is 1. The van der Waals surface area contributed by atoms with Crippen molar-refractivity contribution in [3.63, 3.8) is 0 Å². The Hall–Kier alpha value is -1.67. The van der Waals surface area contributed by atoms with Gasteiger partial charge < -0.3 is 5.11 Å². The first kappa shape index (κ1) is 11.8. The van der Waals surface area contributed by atoms with Gasteiger partial charge in [0, 0.05) is 5.69 Å². The number of pyridine rings is 1. The van der Waals surface area contributed by atoms with Crippen molar-refractivity contribution in [2.75, 3.05) is 0 Å². The SMILES string of the molecule is Cc1cccc(C(O)c2cccc(C)c2C)n1. The number of hydrogen-bond donors (Lipinski definition) is 1. The summed E-state index contributed by atoms with van der Waals surface area (Å²) in [5.41, 5.74) is 4.88. The summed E-state index contributed by atoms with van der Waals surface area (Å²) >= 11 is 0. The summed E-state index contributed by atoms with van der Waals surface area (Å²) in [5.74, 6) is 0. The lowest BCUT2D eigenvalue weighted by molar-refractivity contribution is 0.214. The molecule has 1 heterocycles. The second kappa shape index (κ2) is 4.68. The Kier molecular flexibility index (Phi) is 3.25. The molecule has 2 rings (SSSR count). The molecule has 0 aliphatic carbocycles. The van der Waals surface area contributed by atoms with Gasteiger partial charge in [0.25, 0.3) is 0 Å². The molecule has 0 radical (unpaired) electrons. The van der Waals surface area contributed by atoms with E-state index in [0.717, 1.165) is 16.8 Å². The summed E-state index contributed by atoms with van der Waals surface area (Å²) < 4.78 is 0. The maximum Gasteiger partial charge on any atom is 0.121 e. The van der Waals surface area contributed by atoms with Crippen molar-refractivity contribution in [3.05, 3.63) is 64.5 Å². The zero-order chi connectivity index (χ0) is 12.4. The van der Waals surface area contributed by atoms with Gasteiger partial charge in [0.2, 0.25) is 0 Å². The summed E-state index contributed by atoms with van der Waals surface area (Å²) in [6.07, 6.45) is -0.644. The van der Waals surface area contributed by atoms with E-state index in [0.29, 0.717) is 5.69 Å². The highest BCUT2D eigenvalue weighted by molar-refractivity contribution is 5.37. The molecular weight excluding hydrogens is 210 g/mol. The van der Waals surface area contributed by atoms with E-state index >= 15 is 0 Å². The Morgan fingerprint density at radius 3 is 2.41 bits per heavy atom. The standard InChI is InChI=1S/C15H17NO/c1-10-6-4-8-13(12(10)3)15(17)14-9-5-7-11(2)16-14/h4-9,15,17H,1-3H3. The topological polar surface area (TPSA) is 33.1 Å². The Morgan fingerprint density at radius 1 is 1.00 bits per heavy atom. The maximum absolute atomic E-state index is 10.4.